The molecule has 0 amide bonds. The lowest BCUT2D eigenvalue weighted by Crippen LogP contribution is -2.25. The van der Waals surface area contributed by atoms with E-state index in [1.807, 2.05) is 47.4 Å². The molecular formula is C27H21F3N2. The first-order valence-corrected chi connectivity index (χ1v) is 10.6. The fourth-order valence-electron chi connectivity index (χ4n) is 4.32. The SMILES string of the molecule is FC(F)(F)c1cccc(N2CCCc3ccc(-c4cccnc4-c4ccccc4)cc32)c1. The maximum absolute atomic E-state index is 13.3. The lowest BCUT2D eigenvalue weighted by molar-refractivity contribution is -0.137. The van der Waals surface area contributed by atoms with E-state index in [9.17, 15) is 13.2 Å². The van der Waals surface area contributed by atoms with Crippen LogP contribution in [0.4, 0.5) is 24.5 Å². The summed E-state index contributed by atoms with van der Waals surface area (Å²) in [5.41, 5.74) is 5.93. The summed E-state index contributed by atoms with van der Waals surface area (Å²) in [6, 6.07) is 25.8. The second-order valence-corrected chi connectivity index (χ2v) is 7.91. The molecular weight excluding hydrogens is 409 g/mol. The zero-order valence-electron chi connectivity index (χ0n) is 17.3. The Morgan fingerprint density at radius 2 is 1.62 bits per heavy atom. The highest BCUT2D eigenvalue weighted by molar-refractivity contribution is 5.83. The Kier molecular flexibility index (Phi) is 5.17. The van der Waals surface area contributed by atoms with Crippen LogP contribution < -0.4 is 4.90 Å². The predicted molar refractivity (Wildman–Crippen MR) is 122 cm³/mol. The second kappa shape index (κ2) is 8.15. The summed E-state index contributed by atoms with van der Waals surface area (Å²) < 4.78 is 39.9. The van der Waals surface area contributed by atoms with Crippen LogP contribution >= 0.6 is 0 Å². The Morgan fingerprint density at radius 1 is 0.781 bits per heavy atom. The number of benzene rings is 3. The van der Waals surface area contributed by atoms with Gasteiger partial charge in [0.1, 0.15) is 0 Å². The normalized spacial score (nSPS) is 13.7. The van der Waals surface area contributed by atoms with Crippen molar-refractivity contribution in [2.24, 2.45) is 0 Å². The molecule has 2 nitrogen and oxygen atoms in total. The Balaban J connectivity index is 1.60. The molecule has 1 aliphatic rings. The molecule has 5 rings (SSSR count). The number of halogens is 3. The summed E-state index contributed by atoms with van der Waals surface area (Å²) >= 11 is 0. The van der Waals surface area contributed by atoms with Gasteiger partial charge in [0.25, 0.3) is 0 Å². The van der Waals surface area contributed by atoms with Crippen LogP contribution in [0.5, 0.6) is 0 Å². The molecule has 160 valence electrons. The molecule has 1 aliphatic heterocycles. The van der Waals surface area contributed by atoms with Gasteiger partial charge in [0.2, 0.25) is 0 Å². The molecule has 0 spiro atoms. The van der Waals surface area contributed by atoms with E-state index in [-0.39, 0.29) is 0 Å². The molecule has 5 heteroatoms. The van der Waals surface area contributed by atoms with Crippen molar-refractivity contribution in [1.82, 2.24) is 4.98 Å². The van der Waals surface area contributed by atoms with Crippen LogP contribution in [0.3, 0.4) is 0 Å². The van der Waals surface area contributed by atoms with Crippen molar-refractivity contribution in [2.75, 3.05) is 11.4 Å². The van der Waals surface area contributed by atoms with Crippen LogP contribution in [-0.2, 0) is 12.6 Å². The van der Waals surface area contributed by atoms with Gasteiger partial charge in [0, 0.05) is 35.2 Å². The van der Waals surface area contributed by atoms with E-state index < -0.39 is 11.7 Å². The number of aromatic nitrogens is 1. The number of hydrogen-bond acceptors (Lipinski definition) is 2. The highest BCUT2D eigenvalue weighted by Crippen LogP contribution is 2.40. The maximum Gasteiger partial charge on any atom is 0.416 e. The molecule has 4 aromatic rings. The lowest BCUT2D eigenvalue weighted by atomic mass is 9.94. The topological polar surface area (TPSA) is 16.1 Å². The molecule has 2 heterocycles. The van der Waals surface area contributed by atoms with Crippen LogP contribution in [0.25, 0.3) is 22.4 Å². The summed E-state index contributed by atoms with van der Waals surface area (Å²) in [7, 11) is 0. The largest absolute Gasteiger partial charge is 0.416 e. The minimum atomic E-state index is -4.36. The molecule has 0 saturated heterocycles. The van der Waals surface area contributed by atoms with E-state index in [4.69, 9.17) is 0 Å². The van der Waals surface area contributed by atoms with Gasteiger partial charge in [-0.25, -0.2) is 0 Å². The second-order valence-electron chi connectivity index (χ2n) is 7.91. The summed E-state index contributed by atoms with van der Waals surface area (Å²) in [5, 5.41) is 0. The predicted octanol–water partition coefficient (Wildman–Crippen LogP) is 7.52. The fraction of sp³-hybridized carbons (Fsp3) is 0.148. The number of fused-ring (bicyclic) bond motifs is 1. The molecule has 0 unspecified atom stereocenters. The maximum atomic E-state index is 13.3. The Morgan fingerprint density at radius 3 is 2.44 bits per heavy atom. The fourth-order valence-corrected chi connectivity index (χ4v) is 4.32. The van der Waals surface area contributed by atoms with E-state index in [2.05, 4.69) is 23.2 Å². The number of hydrogen-bond donors (Lipinski definition) is 0. The van der Waals surface area contributed by atoms with Crippen molar-refractivity contribution < 1.29 is 13.2 Å². The standard InChI is InChI=1S/C27H21F3N2/c28-27(29,30)22-10-4-11-23(18-22)32-16-6-9-19-13-14-21(17-25(19)32)24-12-5-15-31-26(24)20-7-2-1-3-8-20/h1-5,7-8,10-15,17-18H,6,9,16H2. The zero-order valence-corrected chi connectivity index (χ0v) is 17.3. The van der Waals surface area contributed by atoms with Crippen molar-refractivity contribution in [3.8, 4) is 22.4 Å². The minimum absolute atomic E-state index is 0.562. The van der Waals surface area contributed by atoms with Crippen molar-refractivity contribution >= 4 is 11.4 Å². The monoisotopic (exact) mass is 430 g/mol. The molecule has 0 aliphatic carbocycles. The minimum Gasteiger partial charge on any atom is -0.341 e. The van der Waals surface area contributed by atoms with Gasteiger partial charge in [-0.3, -0.25) is 4.98 Å². The summed E-state index contributed by atoms with van der Waals surface area (Å²) in [4.78, 5) is 6.61. The number of rotatable bonds is 3. The van der Waals surface area contributed by atoms with E-state index in [1.54, 1.807) is 12.3 Å². The van der Waals surface area contributed by atoms with Crippen LogP contribution in [0, 0.1) is 0 Å². The Bertz CT molecular complexity index is 1250. The van der Waals surface area contributed by atoms with Crippen molar-refractivity contribution in [3.63, 3.8) is 0 Å². The number of aryl methyl sites for hydroxylation is 1. The van der Waals surface area contributed by atoms with Gasteiger partial charge in [-0.05, 0) is 54.3 Å². The van der Waals surface area contributed by atoms with Gasteiger partial charge in [0.15, 0.2) is 0 Å². The third-order valence-corrected chi connectivity index (χ3v) is 5.86. The van der Waals surface area contributed by atoms with Crippen molar-refractivity contribution in [2.45, 2.75) is 19.0 Å². The molecule has 0 bridgehead atoms. The van der Waals surface area contributed by atoms with Crippen LogP contribution in [0.2, 0.25) is 0 Å². The van der Waals surface area contributed by atoms with Gasteiger partial charge >= 0.3 is 6.18 Å². The average Bonchev–Trinajstić information content (AvgIpc) is 2.83. The first kappa shape index (κ1) is 20.3. The number of alkyl halides is 3. The number of anilines is 2. The molecule has 0 fully saturated rings. The van der Waals surface area contributed by atoms with Crippen LogP contribution in [0.1, 0.15) is 17.5 Å². The molecule has 3 aromatic carbocycles. The molecule has 0 N–H and O–H groups in total. The third kappa shape index (κ3) is 3.86. The number of pyridine rings is 1. The highest BCUT2D eigenvalue weighted by atomic mass is 19.4. The number of nitrogens with zero attached hydrogens (tertiary/aromatic N) is 2. The van der Waals surface area contributed by atoms with E-state index >= 15 is 0 Å². The first-order valence-electron chi connectivity index (χ1n) is 10.6. The average molecular weight is 430 g/mol. The third-order valence-electron chi connectivity index (χ3n) is 5.86. The molecule has 0 atom stereocenters. The van der Waals surface area contributed by atoms with E-state index in [0.717, 1.165) is 52.5 Å². The molecule has 0 radical (unpaired) electrons. The van der Waals surface area contributed by atoms with Gasteiger partial charge < -0.3 is 4.90 Å². The van der Waals surface area contributed by atoms with Crippen LogP contribution in [-0.4, -0.2) is 11.5 Å². The Hall–Kier alpha value is -3.60. The zero-order chi connectivity index (χ0) is 22.1. The highest BCUT2D eigenvalue weighted by Gasteiger charge is 2.31. The first-order chi connectivity index (χ1) is 15.5. The van der Waals surface area contributed by atoms with Crippen molar-refractivity contribution in [1.29, 1.82) is 0 Å². The van der Waals surface area contributed by atoms with Gasteiger partial charge in [-0.1, -0.05) is 54.6 Å². The van der Waals surface area contributed by atoms with Gasteiger partial charge in [-0.2, -0.15) is 13.2 Å². The molecule has 1 aromatic heterocycles. The van der Waals surface area contributed by atoms with Crippen molar-refractivity contribution in [3.05, 3.63) is 102 Å². The smallest absolute Gasteiger partial charge is 0.341 e. The van der Waals surface area contributed by atoms with Gasteiger partial charge in [0.05, 0.1) is 11.3 Å². The summed E-state index contributed by atoms with van der Waals surface area (Å²) in [5.74, 6) is 0. The summed E-state index contributed by atoms with van der Waals surface area (Å²) in [6.07, 6.45) is -0.787. The van der Waals surface area contributed by atoms with E-state index in [1.165, 1.54) is 12.1 Å². The molecule has 0 saturated carbocycles. The molecule has 32 heavy (non-hydrogen) atoms. The summed E-state index contributed by atoms with van der Waals surface area (Å²) in [6.45, 7) is 0.677. The quantitative estimate of drug-likeness (QED) is 0.334. The Labute approximate surface area is 185 Å². The van der Waals surface area contributed by atoms with Crippen LogP contribution in [0.15, 0.2) is 91.1 Å². The van der Waals surface area contributed by atoms with Gasteiger partial charge in [-0.15, -0.1) is 0 Å². The lowest BCUT2D eigenvalue weighted by Gasteiger charge is -2.32. The van der Waals surface area contributed by atoms with E-state index in [0.29, 0.717) is 12.2 Å².